The van der Waals surface area contributed by atoms with E-state index in [1.165, 1.54) is 6.07 Å². The van der Waals surface area contributed by atoms with Gasteiger partial charge >= 0.3 is 0 Å². The van der Waals surface area contributed by atoms with Crippen molar-refractivity contribution in [3.63, 3.8) is 0 Å². The maximum atomic E-state index is 12.2. The van der Waals surface area contributed by atoms with Gasteiger partial charge in [0.25, 0.3) is 0 Å². The van der Waals surface area contributed by atoms with Crippen LogP contribution in [0.3, 0.4) is 0 Å². The summed E-state index contributed by atoms with van der Waals surface area (Å²) in [5.41, 5.74) is 0.712. The van der Waals surface area contributed by atoms with E-state index in [9.17, 15) is 8.42 Å². The summed E-state index contributed by atoms with van der Waals surface area (Å²) in [5.74, 6) is -0.0536. The minimum Gasteiger partial charge on any atom is -0.383 e. The Hall–Kier alpha value is -1.23. The SMILES string of the molecule is O=S(=O)(CCNc1ccccc1Cl)c1ccccc1Cl. The van der Waals surface area contributed by atoms with Crippen LogP contribution in [0.4, 0.5) is 5.69 Å². The lowest BCUT2D eigenvalue weighted by Crippen LogP contribution is -2.16. The van der Waals surface area contributed by atoms with Gasteiger partial charge in [-0.25, -0.2) is 8.42 Å². The van der Waals surface area contributed by atoms with Crippen molar-refractivity contribution < 1.29 is 8.42 Å². The summed E-state index contributed by atoms with van der Waals surface area (Å²) in [6, 6.07) is 13.6. The van der Waals surface area contributed by atoms with Gasteiger partial charge in [-0.15, -0.1) is 0 Å². The fourth-order valence-electron chi connectivity index (χ4n) is 1.73. The van der Waals surface area contributed by atoms with Crippen LogP contribution in [-0.4, -0.2) is 20.7 Å². The lowest BCUT2D eigenvalue weighted by atomic mass is 10.3. The third-order valence-corrected chi connectivity index (χ3v) is 5.27. The van der Waals surface area contributed by atoms with Crippen LogP contribution in [0.1, 0.15) is 0 Å². The van der Waals surface area contributed by atoms with E-state index in [1.807, 2.05) is 12.1 Å². The molecule has 106 valence electrons. The molecule has 0 spiro atoms. The first-order valence-electron chi connectivity index (χ1n) is 5.96. The van der Waals surface area contributed by atoms with Gasteiger partial charge in [0, 0.05) is 6.54 Å². The second kappa shape index (κ2) is 6.48. The van der Waals surface area contributed by atoms with Crippen molar-refractivity contribution in [1.82, 2.24) is 0 Å². The molecule has 2 rings (SSSR count). The Morgan fingerprint density at radius 1 is 0.900 bits per heavy atom. The molecule has 2 aromatic carbocycles. The maximum absolute atomic E-state index is 12.2. The Balaban J connectivity index is 2.04. The third-order valence-electron chi connectivity index (χ3n) is 2.73. The van der Waals surface area contributed by atoms with Crippen LogP contribution in [0, 0.1) is 0 Å². The van der Waals surface area contributed by atoms with Crippen LogP contribution in [0.2, 0.25) is 10.0 Å². The highest BCUT2D eigenvalue weighted by Crippen LogP contribution is 2.23. The van der Waals surface area contributed by atoms with E-state index >= 15 is 0 Å². The number of benzene rings is 2. The molecule has 0 saturated heterocycles. The smallest absolute Gasteiger partial charge is 0.181 e. The zero-order valence-corrected chi connectivity index (χ0v) is 12.8. The Kier molecular flexibility index (Phi) is 4.91. The average molecular weight is 330 g/mol. The predicted molar refractivity (Wildman–Crippen MR) is 83.4 cm³/mol. The van der Waals surface area contributed by atoms with Crippen molar-refractivity contribution in [2.75, 3.05) is 17.6 Å². The molecule has 1 N–H and O–H groups in total. The van der Waals surface area contributed by atoms with Gasteiger partial charge < -0.3 is 5.32 Å². The normalized spacial score (nSPS) is 11.3. The van der Waals surface area contributed by atoms with Gasteiger partial charge in [-0.05, 0) is 24.3 Å². The number of hydrogen-bond donors (Lipinski definition) is 1. The van der Waals surface area contributed by atoms with Crippen LogP contribution in [0.15, 0.2) is 53.4 Å². The lowest BCUT2D eigenvalue weighted by Gasteiger charge is -2.09. The van der Waals surface area contributed by atoms with E-state index in [0.717, 1.165) is 0 Å². The average Bonchev–Trinajstić information content (AvgIpc) is 2.41. The van der Waals surface area contributed by atoms with Crippen molar-refractivity contribution in [1.29, 1.82) is 0 Å². The van der Waals surface area contributed by atoms with E-state index in [2.05, 4.69) is 5.32 Å². The van der Waals surface area contributed by atoms with Crippen LogP contribution < -0.4 is 5.32 Å². The quantitative estimate of drug-likeness (QED) is 0.905. The van der Waals surface area contributed by atoms with Crippen molar-refractivity contribution in [2.24, 2.45) is 0 Å². The maximum Gasteiger partial charge on any atom is 0.181 e. The van der Waals surface area contributed by atoms with E-state index in [4.69, 9.17) is 23.2 Å². The molecule has 2 aromatic rings. The molecule has 0 aliphatic rings. The van der Waals surface area contributed by atoms with Gasteiger partial charge in [0.15, 0.2) is 9.84 Å². The Morgan fingerprint density at radius 3 is 2.15 bits per heavy atom. The summed E-state index contributed by atoms with van der Waals surface area (Å²) in [4.78, 5) is 0.155. The number of halogens is 2. The van der Waals surface area contributed by atoms with Crippen LogP contribution in [0.5, 0.6) is 0 Å². The molecule has 20 heavy (non-hydrogen) atoms. The molecule has 0 saturated carbocycles. The summed E-state index contributed by atoms with van der Waals surface area (Å²) < 4.78 is 24.3. The molecule has 0 radical (unpaired) electrons. The molecule has 6 heteroatoms. The monoisotopic (exact) mass is 329 g/mol. The van der Waals surface area contributed by atoms with E-state index in [0.29, 0.717) is 10.7 Å². The van der Waals surface area contributed by atoms with Crippen LogP contribution in [0.25, 0.3) is 0 Å². The first-order valence-corrected chi connectivity index (χ1v) is 8.37. The molecule has 0 atom stereocenters. The summed E-state index contributed by atoms with van der Waals surface area (Å²) in [7, 11) is -3.41. The minimum atomic E-state index is -3.41. The molecule has 0 bridgehead atoms. The summed E-state index contributed by atoms with van der Waals surface area (Å²) in [5, 5.41) is 3.80. The van der Waals surface area contributed by atoms with E-state index in [-0.39, 0.29) is 22.2 Å². The summed E-state index contributed by atoms with van der Waals surface area (Å²) in [6.45, 7) is 0.261. The zero-order chi connectivity index (χ0) is 14.6. The summed E-state index contributed by atoms with van der Waals surface area (Å²) >= 11 is 11.9. The standard InChI is InChI=1S/C14H13Cl2NO2S/c15-11-5-1-3-7-13(11)17-9-10-20(18,19)14-8-4-2-6-12(14)16/h1-8,17H,9-10H2. The first kappa shape index (κ1) is 15.2. The fraction of sp³-hybridized carbons (Fsp3) is 0.143. The number of hydrogen-bond acceptors (Lipinski definition) is 3. The van der Waals surface area contributed by atoms with Gasteiger partial charge in [0.05, 0.1) is 26.4 Å². The number of para-hydroxylation sites is 1. The highest BCUT2D eigenvalue weighted by molar-refractivity contribution is 7.91. The fourth-order valence-corrected chi connectivity index (χ4v) is 3.66. The lowest BCUT2D eigenvalue weighted by molar-refractivity contribution is 0.596. The Labute approximate surface area is 128 Å². The molecule has 0 amide bonds. The highest BCUT2D eigenvalue weighted by atomic mass is 35.5. The van der Waals surface area contributed by atoms with Crippen molar-refractivity contribution in [3.8, 4) is 0 Å². The topological polar surface area (TPSA) is 46.2 Å². The highest BCUT2D eigenvalue weighted by Gasteiger charge is 2.17. The van der Waals surface area contributed by atoms with Gasteiger partial charge in [-0.3, -0.25) is 0 Å². The molecular formula is C14H13Cl2NO2S. The van der Waals surface area contributed by atoms with Crippen molar-refractivity contribution >= 4 is 38.7 Å². The third kappa shape index (κ3) is 3.66. The second-order valence-corrected chi connectivity index (χ2v) is 7.05. The largest absolute Gasteiger partial charge is 0.383 e. The van der Waals surface area contributed by atoms with Crippen molar-refractivity contribution in [3.05, 3.63) is 58.6 Å². The van der Waals surface area contributed by atoms with Gasteiger partial charge in [0.2, 0.25) is 0 Å². The first-order chi connectivity index (χ1) is 9.50. The molecule has 0 heterocycles. The number of sulfone groups is 1. The van der Waals surface area contributed by atoms with Gasteiger partial charge in [0.1, 0.15) is 0 Å². The predicted octanol–water partition coefficient (Wildman–Crippen LogP) is 3.88. The molecule has 0 aliphatic carbocycles. The minimum absolute atomic E-state index is 0.0536. The van der Waals surface area contributed by atoms with Crippen molar-refractivity contribution in [2.45, 2.75) is 4.90 Å². The van der Waals surface area contributed by atoms with E-state index < -0.39 is 9.84 Å². The molecule has 3 nitrogen and oxygen atoms in total. The number of nitrogens with one attached hydrogen (secondary N) is 1. The molecular weight excluding hydrogens is 317 g/mol. The molecule has 0 fully saturated rings. The van der Waals surface area contributed by atoms with Gasteiger partial charge in [-0.1, -0.05) is 47.5 Å². The zero-order valence-electron chi connectivity index (χ0n) is 10.5. The molecule has 0 aromatic heterocycles. The Bertz CT molecular complexity index is 702. The molecule has 0 unspecified atom stereocenters. The number of rotatable bonds is 5. The summed E-state index contributed by atoms with van der Waals surface area (Å²) in [6.07, 6.45) is 0. The van der Waals surface area contributed by atoms with Crippen LogP contribution >= 0.6 is 23.2 Å². The van der Waals surface area contributed by atoms with Crippen LogP contribution in [-0.2, 0) is 9.84 Å². The molecule has 0 aliphatic heterocycles. The Morgan fingerprint density at radius 2 is 1.50 bits per heavy atom. The second-order valence-electron chi connectivity index (χ2n) is 4.16. The van der Waals surface area contributed by atoms with E-state index in [1.54, 1.807) is 30.3 Å². The van der Waals surface area contributed by atoms with Gasteiger partial charge in [-0.2, -0.15) is 0 Å². The number of anilines is 1.